The standard InChI is InChI=1S/C13H9BrF2O/c14-9-5-8(6-10(15)7-9)13(17)11-3-1-2-4-12(11)16/h1-7,13,17H. The predicted octanol–water partition coefficient (Wildman–Crippen LogP) is 3.81. The van der Waals surface area contributed by atoms with Gasteiger partial charge in [-0.15, -0.1) is 0 Å². The molecule has 0 aliphatic heterocycles. The van der Waals surface area contributed by atoms with Crippen LogP contribution in [0.25, 0.3) is 0 Å². The van der Waals surface area contributed by atoms with Gasteiger partial charge in [0.1, 0.15) is 17.7 Å². The minimum atomic E-state index is -1.18. The molecular formula is C13H9BrF2O. The molecule has 0 amide bonds. The minimum absolute atomic E-state index is 0.130. The van der Waals surface area contributed by atoms with Gasteiger partial charge in [-0.05, 0) is 29.8 Å². The molecule has 0 saturated heterocycles. The smallest absolute Gasteiger partial charge is 0.129 e. The quantitative estimate of drug-likeness (QED) is 0.894. The summed E-state index contributed by atoms with van der Waals surface area (Å²) in [6.07, 6.45) is -1.18. The molecule has 2 aromatic rings. The topological polar surface area (TPSA) is 20.2 Å². The van der Waals surface area contributed by atoms with Gasteiger partial charge in [0.2, 0.25) is 0 Å². The Hall–Kier alpha value is -1.26. The van der Waals surface area contributed by atoms with Crippen LogP contribution in [-0.4, -0.2) is 5.11 Å². The van der Waals surface area contributed by atoms with Crippen LogP contribution < -0.4 is 0 Å². The molecule has 0 spiro atoms. The number of aliphatic hydroxyl groups is 1. The van der Waals surface area contributed by atoms with Gasteiger partial charge in [-0.2, -0.15) is 0 Å². The first kappa shape index (κ1) is 12.2. The third-order valence-corrected chi connectivity index (χ3v) is 2.86. The van der Waals surface area contributed by atoms with E-state index < -0.39 is 17.7 Å². The van der Waals surface area contributed by atoms with Crippen LogP contribution in [0.4, 0.5) is 8.78 Å². The van der Waals surface area contributed by atoms with Gasteiger partial charge in [-0.3, -0.25) is 0 Å². The molecule has 1 unspecified atom stereocenters. The summed E-state index contributed by atoms with van der Waals surface area (Å²) in [4.78, 5) is 0. The van der Waals surface area contributed by atoms with Crippen molar-refractivity contribution in [1.82, 2.24) is 0 Å². The Morgan fingerprint density at radius 1 is 1.06 bits per heavy atom. The summed E-state index contributed by atoms with van der Waals surface area (Å²) in [5.74, 6) is -0.995. The molecule has 0 aromatic heterocycles. The normalized spacial score (nSPS) is 12.5. The van der Waals surface area contributed by atoms with Gasteiger partial charge in [0.25, 0.3) is 0 Å². The van der Waals surface area contributed by atoms with Crippen molar-refractivity contribution in [3.63, 3.8) is 0 Å². The summed E-state index contributed by atoms with van der Waals surface area (Å²) in [5, 5.41) is 9.99. The largest absolute Gasteiger partial charge is 0.384 e. The fourth-order valence-corrected chi connectivity index (χ4v) is 2.09. The van der Waals surface area contributed by atoms with Crippen LogP contribution in [0.2, 0.25) is 0 Å². The fourth-order valence-electron chi connectivity index (χ4n) is 1.61. The van der Waals surface area contributed by atoms with Crippen LogP contribution in [0.15, 0.2) is 46.9 Å². The maximum absolute atomic E-state index is 13.5. The first-order valence-electron chi connectivity index (χ1n) is 4.96. The molecule has 2 rings (SSSR count). The lowest BCUT2D eigenvalue weighted by molar-refractivity contribution is 0.214. The van der Waals surface area contributed by atoms with Gasteiger partial charge >= 0.3 is 0 Å². The van der Waals surface area contributed by atoms with Crippen LogP contribution in [0.5, 0.6) is 0 Å². The van der Waals surface area contributed by atoms with E-state index in [0.29, 0.717) is 10.0 Å². The van der Waals surface area contributed by atoms with Gasteiger partial charge < -0.3 is 5.11 Å². The SMILES string of the molecule is OC(c1cc(F)cc(Br)c1)c1ccccc1F. The van der Waals surface area contributed by atoms with E-state index in [9.17, 15) is 13.9 Å². The molecule has 0 heterocycles. The Morgan fingerprint density at radius 2 is 1.76 bits per heavy atom. The van der Waals surface area contributed by atoms with Crippen LogP contribution in [-0.2, 0) is 0 Å². The fraction of sp³-hybridized carbons (Fsp3) is 0.0769. The average molecular weight is 299 g/mol. The minimum Gasteiger partial charge on any atom is -0.384 e. The van der Waals surface area contributed by atoms with Crippen molar-refractivity contribution < 1.29 is 13.9 Å². The Bertz CT molecular complexity index is 522. The van der Waals surface area contributed by atoms with Gasteiger partial charge in [0.15, 0.2) is 0 Å². The zero-order chi connectivity index (χ0) is 12.4. The van der Waals surface area contributed by atoms with E-state index in [1.165, 1.54) is 30.3 Å². The lowest BCUT2D eigenvalue weighted by Crippen LogP contribution is -2.02. The molecule has 0 bridgehead atoms. The summed E-state index contributed by atoms with van der Waals surface area (Å²) >= 11 is 3.13. The van der Waals surface area contributed by atoms with Crippen LogP contribution in [0, 0.1) is 11.6 Å². The van der Waals surface area contributed by atoms with Crippen molar-refractivity contribution in [1.29, 1.82) is 0 Å². The molecule has 1 atom stereocenters. The lowest BCUT2D eigenvalue weighted by atomic mass is 10.0. The van der Waals surface area contributed by atoms with Crippen molar-refractivity contribution in [2.45, 2.75) is 6.10 Å². The molecule has 0 fully saturated rings. The Morgan fingerprint density at radius 3 is 2.41 bits per heavy atom. The summed E-state index contributed by atoms with van der Waals surface area (Å²) in [6, 6.07) is 9.90. The predicted molar refractivity (Wildman–Crippen MR) is 64.6 cm³/mol. The van der Waals surface area contributed by atoms with E-state index >= 15 is 0 Å². The molecule has 0 aliphatic rings. The van der Waals surface area contributed by atoms with Crippen molar-refractivity contribution in [3.8, 4) is 0 Å². The van der Waals surface area contributed by atoms with Crippen molar-refractivity contribution >= 4 is 15.9 Å². The van der Waals surface area contributed by atoms with Gasteiger partial charge in [-0.25, -0.2) is 8.78 Å². The second-order valence-electron chi connectivity index (χ2n) is 3.63. The summed E-state index contributed by atoms with van der Waals surface area (Å²) in [6.45, 7) is 0. The van der Waals surface area contributed by atoms with E-state index in [4.69, 9.17) is 0 Å². The molecule has 0 radical (unpaired) electrons. The number of hydrogen-bond acceptors (Lipinski definition) is 1. The first-order valence-corrected chi connectivity index (χ1v) is 5.75. The van der Waals surface area contributed by atoms with Crippen molar-refractivity contribution in [3.05, 3.63) is 69.7 Å². The monoisotopic (exact) mass is 298 g/mol. The molecule has 0 aliphatic carbocycles. The van der Waals surface area contributed by atoms with Gasteiger partial charge in [-0.1, -0.05) is 34.1 Å². The van der Waals surface area contributed by atoms with E-state index in [-0.39, 0.29) is 5.56 Å². The first-order chi connectivity index (χ1) is 8.08. The van der Waals surface area contributed by atoms with Crippen molar-refractivity contribution in [2.24, 2.45) is 0 Å². The number of hydrogen-bond donors (Lipinski definition) is 1. The van der Waals surface area contributed by atoms with Crippen molar-refractivity contribution in [2.75, 3.05) is 0 Å². The molecule has 1 N–H and O–H groups in total. The number of aliphatic hydroxyl groups excluding tert-OH is 1. The van der Waals surface area contributed by atoms with E-state index in [1.807, 2.05) is 0 Å². The highest BCUT2D eigenvalue weighted by Crippen LogP contribution is 2.27. The molecule has 0 saturated carbocycles. The molecule has 1 nitrogen and oxygen atoms in total. The highest BCUT2D eigenvalue weighted by atomic mass is 79.9. The third kappa shape index (κ3) is 2.70. The Balaban J connectivity index is 2.43. The molecule has 4 heteroatoms. The summed E-state index contributed by atoms with van der Waals surface area (Å²) in [5.41, 5.74) is 0.437. The highest BCUT2D eigenvalue weighted by molar-refractivity contribution is 9.10. The zero-order valence-corrected chi connectivity index (χ0v) is 10.3. The maximum Gasteiger partial charge on any atom is 0.129 e. The average Bonchev–Trinajstić information content (AvgIpc) is 2.27. The van der Waals surface area contributed by atoms with E-state index in [2.05, 4.69) is 15.9 Å². The second kappa shape index (κ2) is 4.94. The van der Waals surface area contributed by atoms with Crippen LogP contribution in [0.1, 0.15) is 17.2 Å². The maximum atomic E-state index is 13.5. The highest BCUT2D eigenvalue weighted by Gasteiger charge is 2.15. The van der Waals surface area contributed by atoms with E-state index in [1.54, 1.807) is 12.1 Å². The summed E-state index contributed by atoms with van der Waals surface area (Å²) in [7, 11) is 0. The Labute approximate surface area is 106 Å². The number of halogens is 3. The van der Waals surface area contributed by atoms with E-state index in [0.717, 1.165) is 0 Å². The number of rotatable bonds is 2. The Kier molecular flexibility index (Phi) is 3.54. The second-order valence-corrected chi connectivity index (χ2v) is 4.54. The lowest BCUT2D eigenvalue weighted by Gasteiger charge is -2.12. The van der Waals surface area contributed by atoms with Gasteiger partial charge in [0.05, 0.1) is 0 Å². The number of benzene rings is 2. The molecular weight excluding hydrogens is 290 g/mol. The van der Waals surface area contributed by atoms with Gasteiger partial charge in [0, 0.05) is 10.0 Å². The van der Waals surface area contributed by atoms with Crippen LogP contribution >= 0.6 is 15.9 Å². The zero-order valence-electron chi connectivity index (χ0n) is 8.70. The molecule has 17 heavy (non-hydrogen) atoms. The van der Waals surface area contributed by atoms with Crippen LogP contribution in [0.3, 0.4) is 0 Å². The third-order valence-electron chi connectivity index (χ3n) is 2.40. The molecule has 2 aromatic carbocycles. The molecule has 88 valence electrons. The summed E-state index contributed by atoms with van der Waals surface area (Å²) < 4.78 is 27.1.